The summed E-state index contributed by atoms with van der Waals surface area (Å²) in [5.74, 6) is -5.97. The van der Waals surface area contributed by atoms with Gasteiger partial charge in [-0.1, -0.05) is 34.2 Å². The number of aliphatic hydroxyl groups is 2. The molecule has 12 heteroatoms. The van der Waals surface area contributed by atoms with Crippen LogP contribution in [0.5, 0.6) is 0 Å². The highest BCUT2D eigenvalue weighted by Gasteiger charge is 2.24. The fourth-order valence-electron chi connectivity index (χ4n) is 2.21. The standard InChI is InChI=1S/C17H16ClF3IN3O4/c18-9-3-8(1-2-22)16(23-5-9)24-15-11(4-12(19)13(20)14(15)21)17(28)25-29-7-10(27)6-26/h3-5,10,26-27H,1-2,6-7H2,(H,23,24)(H,25,28)/t10-/m1/s1. The summed E-state index contributed by atoms with van der Waals surface area (Å²) >= 11 is 8.02. The average Bonchev–Trinajstić information content (AvgIpc) is 2.69. The van der Waals surface area contributed by atoms with Gasteiger partial charge in [-0.2, -0.15) is 0 Å². The molecule has 0 saturated carbocycles. The molecule has 4 N–H and O–H groups in total. The number of hydroxylamine groups is 1. The number of anilines is 2. The molecule has 1 heterocycles. The van der Waals surface area contributed by atoms with Crippen LogP contribution in [-0.2, 0) is 11.3 Å². The molecule has 2 rings (SSSR count). The lowest BCUT2D eigenvalue weighted by atomic mass is 10.1. The van der Waals surface area contributed by atoms with Crippen molar-refractivity contribution in [2.24, 2.45) is 0 Å². The van der Waals surface area contributed by atoms with Crippen molar-refractivity contribution in [2.75, 3.05) is 23.0 Å². The summed E-state index contributed by atoms with van der Waals surface area (Å²) in [6, 6.07) is 2.07. The Morgan fingerprint density at radius 3 is 2.69 bits per heavy atom. The first-order valence-electron chi connectivity index (χ1n) is 8.14. The molecule has 0 radical (unpaired) electrons. The Balaban J connectivity index is 2.38. The number of amides is 1. The van der Waals surface area contributed by atoms with Crippen molar-refractivity contribution in [3.05, 3.63) is 51.9 Å². The Morgan fingerprint density at radius 1 is 1.31 bits per heavy atom. The van der Waals surface area contributed by atoms with Crippen LogP contribution in [0.1, 0.15) is 15.9 Å². The van der Waals surface area contributed by atoms with Gasteiger partial charge in [-0.15, -0.1) is 0 Å². The topological polar surface area (TPSA) is 104 Å². The number of nitrogens with one attached hydrogen (secondary N) is 2. The lowest BCUT2D eigenvalue weighted by Gasteiger charge is -2.16. The molecule has 1 aromatic carbocycles. The molecule has 1 atom stereocenters. The largest absolute Gasteiger partial charge is 0.394 e. The van der Waals surface area contributed by atoms with Gasteiger partial charge >= 0.3 is 0 Å². The van der Waals surface area contributed by atoms with Gasteiger partial charge in [0.15, 0.2) is 17.5 Å². The Hall–Kier alpha value is -1.67. The number of pyridine rings is 1. The van der Waals surface area contributed by atoms with E-state index >= 15 is 0 Å². The van der Waals surface area contributed by atoms with E-state index in [9.17, 15) is 23.1 Å². The molecule has 0 spiro atoms. The Kier molecular flexibility index (Phi) is 8.89. The first-order chi connectivity index (χ1) is 13.8. The van der Waals surface area contributed by atoms with Crippen molar-refractivity contribution in [2.45, 2.75) is 12.5 Å². The first kappa shape index (κ1) is 23.6. The van der Waals surface area contributed by atoms with Gasteiger partial charge in [-0.05, 0) is 24.1 Å². The third kappa shape index (κ3) is 6.15. The fourth-order valence-corrected chi connectivity index (χ4v) is 2.97. The predicted octanol–water partition coefficient (Wildman–Crippen LogP) is 2.89. The molecule has 0 unspecified atom stereocenters. The zero-order valence-electron chi connectivity index (χ0n) is 14.7. The molecule has 0 aliphatic heterocycles. The van der Waals surface area contributed by atoms with Crippen LogP contribution in [0.4, 0.5) is 24.7 Å². The minimum absolute atomic E-state index is 0.113. The van der Waals surface area contributed by atoms with E-state index < -0.39 is 53.9 Å². The van der Waals surface area contributed by atoms with Crippen LogP contribution in [0, 0.1) is 17.5 Å². The van der Waals surface area contributed by atoms with Gasteiger partial charge in [0.1, 0.15) is 18.5 Å². The van der Waals surface area contributed by atoms with E-state index in [1.807, 2.05) is 5.48 Å². The molecular formula is C17H16ClF3IN3O4. The smallest absolute Gasteiger partial charge is 0.277 e. The van der Waals surface area contributed by atoms with Crippen LogP contribution in [0.15, 0.2) is 18.3 Å². The lowest BCUT2D eigenvalue weighted by Crippen LogP contribution is -2.30. The van der Waals surface area contributed by atoms with Crippen LogP contribution in [0.25, 0.3) is 0 Å². The van der Waals surface area contributed by atoms with Crippen molar-refractivity contribution in [1.29, 1.82) is 0 Å². The number of rotatable bonds is 9. The summed E-state index contributed by atoms with van der Waals surface area (Å²) in [6.45, 7) is -1.10. The van der Waals surface area contributed by atoms with Crippen molar-refractivity contribution >= 4 is 51.6 Å². The Morgan fingerprint density at radius 2 is 2.03 bits per heavy atom. The third-order valence-electron chi connectivity index (χ3n) is 3.60. The van der Waals surface area contributed by atoms with Gasteiger partial charge in [0.2, 0.25) is 0 Å². The maximum Gasteiger partial charge on any atom is 0.277 e. The number of carbonyl (C=O) groups is 1. The highest BCUT2D eigenvalue weighted by molar-refractivity contribution is 14.1. The number of nitrogens with zero attached hydrogens (tertiary/aromatic N) is 1. The molecule has 0 aliphatic carbocycles. The van der Waals surface area contributed by atoms with Gasteiger partial charge in [0.05, 0.1) is 22.9 Å². The molecule has 1 aromatic heterocycles. The molecule has 7 nitrogen and oxygen atoms in total. The molecule has 2 aromatic rings. The number of aryl methyl sites for hydroxylation is 1. The highest BCUT2D eigenvalue weighted by Crippen LogP contribution is 2.30. The molecule has 158 valence electrons. The minimum atomic E-state index is -1.77. The summed E-state index contributed by atoms with van der Waals surface area (Å²) < 4.78 is 42.6. The molecule has 0 saturated heterocycles. The van der Waals surface area contributed by atoms with Gasteiger partial charge in [-0.25, -0.2) is 23.6 Å². The Bertz CT molecular complexity index is 891. The van der Waals surface area contributed by atoms with Crippen LogP contribution in [-0.4, -0.2) is 44.8 Å². The maximum atomic E-state index is 14.4. The van der Waals surface area contributed by atoms with Crippen LogP contribution < -0.4 is 10.8 Å². The third-order valence-corrected chi connectivity index (χ3v) is 4.34. The molecule has 0 bridgehead atoms. The number of alkyl halides is 1. The van der Waals surface area contributed by atoms with E-state index in [1.165, 1.54) is 6.20 Å². The van der Waals surface area contributed by atoms with Crippen molar-refractivity contribution in [3.63, 3.8) is 0 Å². The molecule has 0 aliphatic rings. The van der Waals surface area contributed by atoms with E-state index in [-0.39, 0.29) is 5.82 Å². The monoisotopic (exact) mass is 545 g/mol. The number of halogens is 5. The highest BCUT2D eigenvalue weighted by atomic mass is 127. The van der Waals surface area contributed by atoms with Crippen LogP contribution in [0.2, 0.25) is 5.02 Å². The van der Waals surface area contributed by atoms with Crippen molar-refractivity contribution < 1.29 is 33.0 Å². The molecular weight excluding hydrogens is 530 g/mol. The number of hydrogen-bond acceptors (Lipinski definition) is 6. The van der Waals surface area contributed by atoms with Gasteiger partial charge in [0, 0.05) is 10.6 Å². The van der Waals surface area contributed by atoms with Gasteiger partial charge < -0.3 is 15.5 Å². The molecule has 1 amide bonds. The summed E-state index contributed by atoms with van der Waals surface area (Å²) in [6.07, 6.45) is 0.492. The van der Waals surface area contributed by atoms with E-state index in [4.69, 9.17) is 16.7 Å². The quantitative estimate of drug-likeness (QED) is 0.167. The Labute approximate surface area is 182 Å². The number of carbonyl (C=O) groups excluding carboxylic acids is 1. The number of aromatic nitrogens is 1. The minimum Gasteiger partial charge on any atom is -0.394 e. The number of aliphatic hydroxyl groups excluding tert-OH is 2. The van der Waals surface area contributed by atoms with E-state index in [0.29, 0.717) is 27.5 Å². The summed E-state index contributed by atoms with van der Waals surface area (Å²) in [7, 11) is 0. The first-order valence-corrected chi connectivity index (χ1v) is 10.0. The maximum absolute atomic E-state index is 14.4. The normalized spacial score (nSPS) is 12.0. The van der Waals surface area contributed by atoms with Gasteiger partial charge in [0.25, 0.3) is 5.91 Å². The second-order valence-electron chi connectivity index (χ2n) is 5.71. The SMILES string of the molecule is O=C(NOC[C@H](O)CO)c1cc(F)c(F)c(F)c1Nc1ncc(Cl)cc1CCI. The zero-order valence-corrected chi connectivity index (χ0v) is 17.6. The zero-order chi connectivity index (χ0) is 21.6. The fraction of sp³-hybridized carbons (Fsp3) is 0.294. The van der Waals surface area contributed by atoms with E-state index in [2.05, 4.69) is 37.7 Å². The second-order valence-corrected chi connectivity index (χ2v) is 7.23. The number of benzene rings is 1. The molecule has 0 fully saturated rings. The van der Waals surface area contributed by atoms with E-state index in [0.717, 1.165) is 0 Å². The van der Waals surface area contributed by atoms with Crippen LogP contribution >= 0.6 is 34.2 Å². The van der Waals surface area contributed by atoms with Crippen molar-refractivity contribution in [1.82, 2.24) is 10.5 Å². The summed E-state index contributed by atoms with van der Waals surface area (Å²) in [5, 5.41) is 20.7. The van der Waals surface area contributed by atoms with Crippen LogP contribution in [0.3, 0.4) is 0 Å². The predicted molar refractivity (Wildman–Crippen MR) is 108 cm³/mol. The summed E-state index contributed by atoms with van der Waals surface area (Å²) in [5.41, 5.74) is 1.18. The average molecular weight is 546 g/mol. The molecule has 29 heavy (non-hydrogen) atoms. The number of hydrogen-bond donors (Lipinski definition) is 4. The van der Waals surface area contributed by atoms with Gasteiger partial charge in [-0.3, -0.25) is 9.63 Å². The summed E-state index contributed by atoms with van der Waals surface area (Å²) in [4.78, 5) is 21.0. The van der Waals surface area contributed by atoms with Crippen molar-refractivity contribution in [3.8, 4) is 0 Å². The second kappa shape index (κ2) is 10.9. The lowest BCUT2D eigenvalue weighted by molar-refractivity contribution is -0.0295. The van der Waals surface area contributed by atoms with E-state index in [1.54, 1.807) is 6.07 Å².